The van der Waals surface area contributed by atoms with Gasteiger partial charge in [0.1, 0.15) is 11.6 Å². The quantitative estimate of drug-likeness (QED) is 0.330. The average Bonchev–Trinajstić information content (AvgIpc) is 3.02. The summed E-state index contributed by atoms with van der Waals surface area (Å²) in [4.78, 5) is 22.1. The molecule has 1 atom stereocenters. The number of hydrogen-bond donors (Lipinski definition) is 1. The fourth-order valence-electron chi connectivity index (χ4n) is 5.58. The first-order valence-corrected chi connectivity index (χ1v) is 15.1. The lowest BCUT2D eigenvalue weighted by Crippen LogP contribution is -2.45. The van der Waals surface area contributed by atoms with Gasteiger partial charge in [-0.3, -0.25) is 0 Å². The predicted molar refractivity (Wildman–Crippen MR) is 164 cm³/mol. The minimum Gasteiger partial charge on any atom is -0.496 e. The highest BCUT2D eigenvalue weighted by Gasteiger charge is 2.25. The van der Waals surface area contributed by atoms with Crippen molar-refractivity contribution in [3.63, 3.8) is 0 Å². The topological polar surface area (TPSA) is 88.1 Å². The number of pyridine rings is 1. The summed E-state index contributed by atoms with van der Waals surface area (Å²) in [5.41, 5.74) is 3.75. The van der Waals surface area contributed by atoms with Crippen LogP contribution < -0.4 is 19.9 Å². The molecule has 4 heterocycles. The summed E-state index contributed by atoms with van der Waals surface area (Å²) in [5.74, 6) is 2.52. The molecule has 1 N–H and O–H groups in total. The molecule has 41 heavy (non-hydrogen) atoms. The number of nitrogens with zero attached hydrogens (tertiary/aromatic N) is 6. The summed E-state index contributed by atoms with van der Waals surface area (Å²) in [6, 6.07) is 10.7. The molecular weight excluding hydrogens is 518 g/mol. The van der Waals surface area contributed by atoms with Crippen molar-refractivity contribution in [2.24, 2.45) is 0 Å². The van der Waals surface area contributed by atoms with Crippen LogP contribution in [0.1, 0.15) is 32.8 Å². The lowest BCUT2D eigenvalue weighted by atomic mass is 10.1. The number of benzene rings is 1. The zero-order valence-corrected chi connectivity index (χ0v) is 25.1. The van der Waals surface area contributed by atoms with Gasteiger partial charge < -0.3 is 34.2 Å². The van der Waals surface area contributed by atoms with Gasteiger partial charge in [-0.2, -0.15) is 9.97 Å². The zero-order chi connectivity index (χ0) is 28.6. The van der Waals surface area contributed by atoms with Crippen molar-refractivity contribution in [1.82, 2.24) is 25.2 Å². The second-order valence-corrected chi connectivity index (χ2v) is 10.7. The Kier molecular flexibility index (Phi) is 10.2. The number of ether oxygens (including phenoxy) is 3. The second-order valence-electron chi connectivity index (χ2n) is 10.7. The smallest absolute Gasteiger partial charge is 0.229 e. The Morgan fingerprint density at radius 1 is 1.00 bits per heavy atom. The van der Waals surface area contributed by atoms with Crippen LogP contribution in [-0.4, -0.2) is 105 Å². The SMILES string of the molecule is CCN(CC)CCCNCc1cc(-c2ccc3c(N4CCOCC4)nc(N4CCOC[C@@H]4C)nc3n2)ccc1OC. The molecule has 10 heteroatoms. The normalized spacial score (nSPS) is 17.9. The van der Waals surface area contributed by atoms with Crippen LogP contribution in [0.15, 0.2) is 30.3 Å². The van der Waals surface area contributed by atoms with Gasteiger partial charge in [0.05, 0.1) is 50.7 Å². The molecule has 0 amide bonds. The van der Waals surface area contributed by atoms with Gasteiger partial charge in [-0.25, -0.2) is 4.98 Å². The standard InChI is InChI=1S/C31H45N7O3/c1-5-36(6-2)13-7-12-32-21-25-20-24(8-11-28(25)39-4)27-10-9-26-29(33-27)34-31(38-16-19-41-22-23(38)3)35-30(26)37-14-17-40-18-15-37/h8-11,20,23,32H,5-7,12-19,21-22H2,1-4H3/t23-/m0/s1. The minimum atomic E-state index is 0.200. The van der Waals surface area contributed by atoms with Gasteiger partial charge in [0.2, 0.25) is 5.95 Å². The highest BCUT2D eigenvalue weighted by molar-refractivity contribution is 5.90. The van der Waals surface area contributed by atoms with Crippen LogP contribution in [0.4, 0.5) is 11.8 Å². The van der Waals surface area contributed by atoms with Crippen molar-refractivity contribution in [3.8, 4) is 17.0 Å². The molecule has 1 aromatic carbocycles. The number of fused-ring (bicyclic) bond motifs is 1. The number of aromatic nitrogens is 3. The minimum absolute atomic E-state index is 0.200. The van der Waals surface area contributed by atoms with Crippen LogP contribution >= 0.6 is 0 Å². The number of nitrogens with one attached hydrogen (secondary N) is 1. The maximum atomic E-state index is 5.69. The summed E-state index contributed by atoms with van der Waals surface area (Å²) < 4.78 is 17.0. The van der Waals surface area contributed by atoms with Crippen molar-refractivity contribution < 1.29 is 14.2 Å². The molecule has 0 spiro atoms. The second kappa shape index (κ2) is 14.2. The summed E-state index contributed by atoms with van der Waals surface area (Å²) in [6.07, 6.45) is 1.12. The van der Waals surface area contributed by atoms with E-state index in [1.165, 1.54) is 0 Å². The van der Waals surface area contributed by atoms with Crippen molar-refractivity contribution in [3.05, 3.63) is 35.9 Å². The maximum absolute atomic E-state index is 5.69. The first-order valence-electron chi connectivity index (χ1n) is 15.1. The molecule has 0 bridgehead atoms. The van der Waals surface area contributed by atoms with E-state index >= 15 is 0 Å². The summed E-state index contributed by atoms with van der Waals surface area (Å²) in [7, 11) is 1.73. The van der Waals surface area contributed by atoms with Crippen molar-refractivity contribution in [1.29, 1.82) is 0 Å². The van der Waals surface area contributed by atoms with Gasteiger partial charge in [0, 0.05) is 37.3 Å². The van der Waals surface area contributed by atoms with E-state index < -0.39 is 0 Å². The van der Waals surface area contributed by atoms with Gasteiger partial charge in [-0.1, -0.05) is 13.8 Å². The molecule has 2 aliphatic heterocycles. The van der Waals surface area contributed by atoms with E-state index in [-0.39, 0.29) is 6.04 Å². The lowest BCUT2D eigenvalue weighted by Gasteiger charge is -2.34. The fourth-order valence-corrected chi connectivity index (χ4v) is 5.58. The number of methoxy groups -OCH3 is 1. The van der Waals surface area contributed by atoms with Crippen molar-refractivity contribution >= 4 is 22.8 Å². The molecule has 2 aliphatic rings. The Bertz CT molecular complexity index is 1280. The molecule has 5 rings (SSSR count). The third kappa shape index (κ3) is 7.06. The number of hydrogen-bond acceptors (Lipinski definition) is 10. The van der Waals surface area contributed by atoms with Gasteiger partial charge in [-0.15, -0.1) is 0 Å². The molecular formula is C31H45N7O3. The first kappa shape index (κ1) is 29.4. The van der Waals surface area contributed by atoms with Gasteiger partial charge in [0.25, 0.3) is 0 Å². The van der Waals surface area contributed by atoms with Crippen LogP contribution in [0.2, 0.25) is 0 Å². The lowest BCUT2D eigenvalue weighted by molar-refractivity contribution is 0.0981. The van der Waals surface area contributed by atoms with Crippen LogP contribution in [0.25, 0.3) is 22.3 Å². The van der Waals surface area contributed by atoms with E-state index in [4.69, 9.17) is 29.2 Å². The molecule has 222 valence electrons. The molecule has 2 aromatic heterocycles. The highest BCUT2D eigenvalue weighted by atomic mass is 16.5. The van der Waals surface area contributed by atoms with Gasteiger partial charge >= 0.3 is 0 Å². The van der Waals surface area contributed by atoms with Crippen LogP contribution in [0.5, 0.6) is 5.75 Å². The van der Waals surface area contributed by atoms with E-state index in [1.54, 1.807) is 7.11 Å². The monoisotopic (exact) mass is 563 g/mol. The largest absolute Gasteiger partial charge is 0.496 e. The molecule has 0 aliphatic carbocycles. The van der Waals surface area contributed by atoms with E-state index in [1.807, 2.05) is 6.07 Å². The molecule has 10 nitrogen and oxygen atoms in total. The Labute approximate surface area is 244 Å². The fraction of sp³-hybridized carbons (Fsp3) is 0.581. The molecule has 3 aromatic rings. The van der Waals surface area contributed by atoms with E-state index in [0.29, 0.717) is 38.0 Å². The van der Waals surface area contributed by atoms with Crippen molar-refractivity contribution in [2.45, 2.75) is 39.8 Å². The number of anilines is 2. The molecule has 2 fully saturated rings. The average molecular weight is 564 g/mol. The highest BCUT2D eigenvalue weighted by Crippen LogP contribution is 2.31. The first-order chi connectivity index (χ1) is 20.1. The Morgan fingerprint density at radius 3 is 2.56 bits per heavy atom. The zero-order valence-electron chi connectivity index (χ0n) is 25.1. The van der Waals surface area contributed by atoms with Gasteiger partial charge in [-0.05, 0) is 69.9 Å². The number of rotatable bonds is 12. The van der Waals surface area contributed by atoms with E-state index in [2.05, 4.69) is 65.1 Å². The Morgan fingerprint density at radius 2 is 1.80 bits per heavy atom. The summed E-state index contributed by atoms with van der Waals surface area (Å²) in [6.45, 7) is 16.7. The summed E-state index contributed by atoms with van der Waals surface area (Å²) >= 11 is 0. The Hall–Kier alpha value is -3.05. The molecule has 0 saturated carbocycles. The summed E-state index contributed by atoms with van der Waals surface area (Å²) in [5, 5.41) is 4.56. The molecule has 2 saturated heterocycles. The third-order valence-electron chi connectivity index (χ3n) is 8.08. The maximum Gasteiger partial charge on any atom is 0.229 e. The number of morpholine rings is 2. The predicted octanol–water partition coefficient (Wildman–Crippen LogP) is 3.58. The van der Waals surface area contributed by atoms with Crippen LogP contribution in [-0.2, 0) is 16.0 Å². The molecule has 0 unspecified atom stereocenters. The van der Waals surface area contributed by atoms with E-state index in [0.717, 1.165) is 92.6 Å². The molecule has 0 radical (unpaired) electrons. The third-order valence-corrected chi connectivity index (χ3v) is 8.08. The van der Waals surface area contributed by atoms with Gasteiger partial charge in [0.15, 0.2) is 5.65 Å². The van der Waals surface area contributed by atoms with Crippen LogP contribution in [0, 0.1) is 0 Å². The van der Waals surface area contributed by atoms with Crippen molar-refractivity contribution in [2.75, 3.05) is 89.2 Å². The Balaban J connectivity index is 1.42. The van der Waals surface area contributed by atoms with Crippen LogP contribution in [0.3, 0.4) is 0 Å². The van der Waals surface area contributed by atoms with E-state index in [9.17, 15) is 0 Å².